The van der Waals surface area contributed by atoms with Gasteiger partial charge in [-0.1, -0.05) is 71.4 Å². The monoisotopic (exact) mass is 535 g/mol. The van der Waals surface area contributed by atoms with Gasteiger partial charge < -0.3 is 19.3 Å². The fraction of sp³-hybridized carbons (Fsp3) is 0.172. The summed E-state index contributed by atoms with van der Waals surface area (Å²) in [6, 6.07) is 20.7. The molecule has 37 heavy (non-hydrogen) atoms. The van der Waals surface area contributed by atoms with Crippen LogP contribution in [0.15, 0.2) is 88.0 Å². The van der Waals surface area contributed by atoms with Crippen molar-refractivity contribution in [2.24, 2.45) is 4.99 Å². The van der Waals surface area contributed by atoms with E-state index in [0.29, 0.717) is 44.3 Å². The third-order valence-electron chi connectivity index (χ3n) is 5.41. The number of hydrogen-bond donors (Lipinski definition) is 1. The smallest absolute Gasteiger partial charge is 0.344 e. The number of aryl methyl sites for hydroxylation is 1. The first-order valence-electron chi connectivity index (χ1n) is 11.6. The van der Waals surface area contributed by atoms with E-state index in [-0.39, 0.29) is 17.9 Å². The zero-order valence-electron chi connectivity index (χ0n) is 20.7. The van der Waals surface area contributed by atoms with Crippen LogP contribution in [0.2, 0.25) is 5.02 Å². The van der Waals surface area contributed by atoms with E-state index in [1.165, 1.54) is 24.4 Å². The maximum atomic E-state index is 12.6. The SMILES string of the molecule is CCOC(=O)C1=C(O)/C(=C/c2cc(Cl)c(OCc3ccc(C)cc3)c(OC)c2)SC1=Nc1ccccc1. The summed E-state index contributed by atoms with van der Waals surface area (Å²) in [5, 5.41) is 11.7. The van der Waals surface area contributed by atoms with Gasteiger partial charge >= 0.3 is 5.97 Å². The number of carbonyl (C=O) groups excluding carboxylic acids is 1. The van der Waals surface area contributed by atoms with Gasteiger partial charge in [-0.2, -0.15) is 0 Å². The van der Waals surface area contributed by atoms with Crippen molar-refractivity contribution in [2.75, 3.05) is 13.7 Å². The molecule has 6 nitrogen and oxygen atoms in total. The molecular formula is C29H26ClNO5S. The Morgan fingerprint density at radius 2 is 1.84 bits per heavy atom. The molecule has 190 valence electrons. The van der Waals surface area contributed by atoms with Gasteiger partial charge in [0.2, 0.25) is 0 Å². The highest BCUT2D eigenvalue weighted by molar-refractivity contribution is 8.18. The van der Waals surface area contributed by atoms with E-state index in [4.69, 9.17) is 25.8 Å². The van der Waals surface area contributed by atoms with E-state index >= 15 is 0 Å². The Balaban J connectivity index is 1.65. The normalized spacial score (nSPS) is 15.4. The van der Waals surface area contributed by atoms with Crippen LogP contribution in [0.1, 0.15) is 23.6 Å². The van der Waals surface area contributed by atoms with Gasteiger partial charge in [0, 0.05) is 0 Å². The molecule has 0 radical (unpaired) electrons. The van der Waals surface area contributed by atoms with Crippen LogP contribution >= 0.6 is 23.4 Å². The lowest BCUT2D eigenvalue weighted by Gasteiger charge is -2.14. The fourth-order valence-electron chi connectivity index (χ4n) is 3.57. The molecule has 1 heterocycles. The molecule has 3 aromatic rings. The first kappa shape index (κ1) is 26.4. The number of carbonyl (C=O) groups is 1. The average molecular weight is 536 g/mol. The minimum absolute atomic E-state index is 0.0260. The van der Waals surface area contributed by atoms with Crippen molar-refractivity contribution < 1.29 is 24.1 Å². The second-order valence-electron chi connectivity index (χ2n) is 8.12. The zero-order valence-corrected chi connectivity index (χ0v) is 22.2. The molecule has 8 heteroatoms. The van der Waals surface area contributed by atoms with Gasteiger partial charge in [0.15, 0.2) is 11.5 Å². The number of aliphatic hydroxyl groups excluding tert-OH is 1. The number of halogens is 1. The van der Waals surface area contributed by atoms with Crippen molar-refractivity contribution in [2.45, 2.75) is 20.5 Å². The standard InChI is InChI=1S/C29H26ClNO5S/c1-4-35-29(33)25-26(32)24(37-28(25)31-21-8-6-5-7-9-21)16-20-14-22(30)27(23(15-20)34-3)36-17-19-12-10-18(2)11-13-19/h5-16,32H,4,17H2,1-3H3/b24-16-,31-28?. The molecular weight excluding hydrogens is 510 g/mol. The number of hydrogen-bond acceptors (Lipinski definition) is 7. The van der Waals surface area contributed by atoms with Gasteiger partial charge in [-0.05, 0) is 55.3 Å². The van der Waals surface area contributed by atoms with Crippen molar-refractivity contribution >= 4 is 46.1 Å². The van der Waals surface area contributed by atoms with E-state index in [1.54, 1.807) is 25.1 Å². The molecule has 1 aliphatic rings. The number of ether oxygens (including phenoxy) is 3. The van der Waals surface area contributed by atoms with Crippen LogP contribution in [-0.2, 0) is 16.1 Å². The van der Waals surface area contributed by atoms with Gasteiger partial charge in [-0.3, -0.25) is 0 Å². The number of esters is 1. The molecule has 4 rings (SSSR count). The predicted molar refractivity (Wildman–Crippen MR) is 149 cm³/mol. The van der Waals surface area contributed by atoms with Gasteiger partial charge in [0.25, 0.3) is 0 Å². The first-order chi connectivity index (χ1) is 17.9. The molecule has 1 N–H and O–H groups in total. The Hall–Kier alpha value is -3.68. The summed E-state index contributed by atoms with van der Waals surface area (Å²) >= 11 is 7.74. The van der Waals surface area contributed by atoms with Crippen LogP contribution in [0.4, 0.5) is 5.69 Å². The highest BCUT2D eigenvalue weighted by atomic mass is 35.5. The number of aliphatic imine (C=N–C) groups is 1. The van der Waals surface area contributed by atoms with Crippen LogP contribution in [0.5, 0.6) is 11.5 Å². The molecule has 0 aliphatic carbocycles. The number of benzene rings is 3. The number of rotatable bonds is 8. The maximum absolute atomic E-state index is 12.6. The lowest BCUT2D eigenvalue weighted by atomic mass is 10.1. The third kappa shape index (κ3) is 6.37. The Morgan fingerprint density at radius 1 is 1.11 bits per heavy atom. The van der Waals surface area contributed by atoms with E-state index in [9.17, 15) is 9.90 Å². The van der Waals surface area contributed by atoms with Crippen LogP contribution in [0, 0.1) is 6.92 Å². The topological polar surface area (TPSA) is 77.4 Å². The van der Waals surface area contributed by atoms with Crippen LogP contribution in [0.3, 0.4) is 0 Å². The first-order valence-corrected chi connectivity index (χ1v) is 12.8. The van der Waals surface area contributed by atoms with E-state index in [0.717, 1.165) is 5.56 Å². The van der Waals surface area contributed by atoms with E-state index < -0.39 is 5.97 Å². The summed E-state index contributed by atoms with van der Waals surface area (Å²) in [5.74, 6) is 0.0277. The van der Waals surface area contributed by atoms with Gasteiger partial charge in [-0.25, -0.2) is 9.79 Å². The van der Waals surface area contributed by atoms with Crippen LogP contribution in [0.25, 0.3) is 6.08 Å². The fourth-order valence-corrected chi connectivity index (χ4v) is 4.87. The predicted octanol–water partition coefficient (Wildman–Crippen LogP) is 7.43. The Morgan fingerprint density at radius 3 is 2.51 bits per heavy atom. The lowest BCUT2D eigenvalue weighted by Crippen LogP contribution is -2.12. The number of aliphatic hydroxyl groups is 1. The van der Waals surface area contributed by atoms with Gasteiger partial charge in [0.05, 0.1) is 29.3 Å². The number of para-hydroxylation sites is 1. The summed E-state index contributed by atoms with van der Waals surface area (Å²) in [6.45, 7) is 4.24. The van der Waals surface area contributed by atoms with Crippen molar-refractivity contribution in [1.82, 2.24) is 0 Å². The lowest BCUT2D eigenvalue weighted by molar-refractivity contribution is -0.138. The Labute approximate surface area is 225 Å². The Kier molecular flexibility index (Phi) is 8.58. The molecule has 0 unspecified atom stereocenters. The molecule has 0 saturated carbocycles. The van der Waals surface area contributed by atoms with Crippen molar-refractivity contribution in [1.29, 1.82) is 0 Å². The highest BCUT2D eigenvalue weighted by Gasteiger charge is 2.33. The molecule has 0 atom stereocenters. The van der Waals surface area contributed by atoms with Gasteiger partial charge in [-0.15, -0.1) is 0 Å². The second kappa shape index (κ2) is 12.0. The minimum Gasteiger partial charge on any atom is -0.506 e. The highest BCUT2D eigenvalue weighted by Crippen LogP contribution is 2.42. The van der Waals surface area contributed by atoms with Crippen molar-refractivity contribution in [3.8, 4) is 11.5 Å². The van der Waals surface area contributed by atoms with E-state index in [1.807, 2.05) is 61.5 Å². The van der Waals surface area contributed by atoms with Crippen molar-refractivity contribution in [3.63, 3.8) is 0 Å². The largest absolute Gasteiger partial charge is 0.506 e. The molecule has 0 bridgehead atoms. The summed E-state index contributed by atoms with van der Waals surface area (Å²) in [4.78, 5) is 17.6. The molecule has 0 amide bonds. The summed E-state index contributed by atoms with van der Waals surface area (Å²) in [6.07, 6.45) is 1.71. The number of methoxy groups -OCH3 is 1. The van der Waals surface area contributed by atoms with Crippen LogP contribution in [-0.4, -0.2) is 29.8 Å². The Bertz CT molecular complexity index is 1380. The third-order valence-corrected chi connectivity index (χ3v) is 6.71. The average Bonchev–Trinajstić information content (AvgIpc) is 3.19. The molecule has 0 fully saturated rings. The van der Waals surface area contributed by atoms with Crippen LogP contribution < -0.4 is 9.47 Å². The van der Waals surface area contributed by atoms with Gasteiger partial charge in [0.1, 0.15) is 23.0 Å². The summed E-state index contributed by atoms with van der Waals surface area (Å²) in [5.41, 5.74) is 3.51. The maximum Gasteiger partial charge on any atom is 0.344 e. The minimum atomic E-state index is -0.638. The zero-order chi connectivity index (χ0) is 26.4. The van der Waals surface area contributed by atoms with E-state index in [2.05, 4.69) is 4.99 Å². The summed E-state index contributed by atoms with van der Waals surface area (Å²) in [7, 11) is 1.53. The molecule has 1 aliphatic heterocycles. The summed E-state index contributed by atoms with van der Waals surface area (Å²) < 4.78 is 16.7. The molecule has 0 saturated heterocycles. The quantitative estimate of drug-likeness (QED) is 0.302. The molecule has 3 aromatic carbocycles. The number of thioether (sulfide) groups is 1. The van der Waals surface area contributed by atoms with Crippen molar-refractivity contribution in [3.05, 3.63) is 105 Å². The second-order valence-corrected chi connectivity index (χ2v) is 9.55. The molecule has 0 aromatic heterocycles. The number of nitrogens with zero attached hydrogens (tertiary/aromatic N) is 1. The molecule has 0 spiro atoms.